The summed E-state index contributed by atoms with van der Waals surface area (Å²) in [5.41, 5.74) is 0. The molecule has 0 aliphatic carbocycles. The van der Waals surface area contributed by atoms with Gasteiger partial charge >= 0.3 is 8.80 Å². The Bertz CT molecular complexity index is 210. The van der Waals surface area contributed by atoms with Gasteiger partial charge in [0.1, 0.15) is 6.23 Å². The molecule has 0 spiro atoms. The van der Waals surface area contributed by atoms with E-state index in [0.717, 1.165) is 12.5 Å². The molecule has 0 heterocycles. The van der Waals surface area contributed by atoms with Crippen molar-refractivity contribution in [3.05, 3.63) is 0 Å². The van der Waals surface area contributed by atoms with E-state index in [0.29, 0.717) is 26.3 Å². The predicted molar refractivity (Wildman–Crippen MR) is 80.4 cm³/mol. The molecule has 2 N–H and O–H groups in total. The summed E-state index contributed by atoms with van der Waals surface area (Å²) in [6.45, 7) is 9.92. The maximum absolute atomic E-state index is 9.09. The van der Waals surface area contributed by atoms with Crippen LogP contribution in [0.25, 0.3) is 0 Å². The topological polar surface area (TPSA) is 71.4 Å². The molecule has 0 saturated heterocycles. The van der Waals surface area contributed by atoms with Crippen molar-refractivity contribution in [1.82, 2.24) is 4.90 Å². The highest BCUT2D eigenvalue weighted by atomic mass is 28.4. The Morgan fingerprint density at radius 2 is 1.50 bits per heavy atom. The van der Waals surface area contributed by atoms with Crippen LogP contribution in [0.2, 0.25) is 6.04 Å². The van der Waals surface area contributed by atoms with Crippen LogP contribution in [0, 0.1) is 0 Å². The molecule has 6 nitrogen and oxygen atoms in total. The zero-order valence-corrected chi connectivity index (χ0v) is 14.3. The highest BCUT2D eigenvalue weighted by Gasteiger charge is 2.42. The average Bonchev–Trinajstić information content (AvgIpc) is 2.39. The smallest absolute Gasteiger partial charge is 0.395 e. The number of aliphatic hydroxyl groups is 2. The minimum Gasteiger partial charge on any atom is -0.395 e. The second kappa shape index (κ2) is 11.6. The molecule has 0 amide bonds. The van der Waals surface area contributed by atoms with Crippen molar-refractivity contribution in [3.8, 4) is 0 Å². The first-order valence-electron chi connectivity index (χ1n) is 7.50. The van der Waals surface area contributed by atoms with Gasteiger partial charge in [0.15, 0.2) is 0 Å². The number of nitrogens with zero attached hydrogens (tertiary/aromatic N) is 1. The highest BCUT2D eigenvalue weighted by molar-refractivity contribution is 6.60. The second-order valence-corrected chi connectivity index (χ2v) is 7.18. The number of aliphatic hydroxyl groups excluding tert-OH is 2. The molecule has 0 rings (SSSR count). The van der Waals surface area contributed by atoms with Gasteiger partial charge < -0.3 is 23.5 Å². The minimum atomic E-state index is -2.68. The Labute approximate surface area is 124 Å². The summed E-state index contributed by atoms with van der Waals surface area (Å²) >= 11 is 0. The second-order valence-electron chi connectivity index (χ2n) is 4.50. The van der Waals surface area contributed by atoms with Crippen LogP contribution in [0.1, 0.15) is 34.1 Å². The Hall–Kier alpha value is -0.0231. The van der Waals surface area contributed by atoms with E-state index in [1.165, 1.54) is 0 Å². The van der Waals surface area contributed by atoms with E-state index in [1.54, 1.807) is 0 Å². The van der Waals surface area contributed by atoms with Gasteiger partial charge in [-0.1, -0.05) is 13.3 Å². The quantitative estimate of drug-likeness (QED) is 0.391. The van der Waals surface area contributed by atoms with Crippen molar-refractivity contribution >= 4 is 8.80 Å². The van der Waals surface area contributed by atoms with Crippen LogP contribution in [0.15, 0.2) is 0 Å². The minimum absolute atomic E-state index is 0.0271. The third-order valence-corrected chi connectivity index (χ3v) is 6.19. The molecule has 0 saturated carbocycles. The van der Waals surface area contributed by atoms with E-state index in [-0.39, 0.29) is 19.4 Å². The zero-order valence-electron chi connectivity index (χ0n) is 13.3. The van der Waals surface area contributed by atoms with E-state index in [4.69, 9.17) is 23.5 Å². The molecule has 122 valence electrons. The van der Waals surface area contributed by atoms with Gasteiger partial charge in [0.2, 0.25) is 0 Å². The first kappa shape index (κ1) is 20.0. The third kappa shape index (κ3) is 7.12. The van der Waals surface area contributed by atoms with Crippen molar-refractivity contribution in [1.29, 1.82) is 0 Å². The van der Waals surface area contributed by atoms with Gasteiger partial charge in [-0.3, -0.25) is 4.90 Å². The molecule has 20 heavy (non-hydrogen) atoms. The van der Waals surface area contributed by atoms with Crippen LogP contribution in [-0.4, -0.2) is 69.7 Å². The number of hydrogen-bond donors (Lipinski definition) is 2. The Morgan fingerprint density at radius 3 is 1.85 bits per heavy atom. The van der Waals surface area contributed by atoms with E-state index < -0.39 is 8.80 Å². The average molecular weight is 309 g/mol. The first-order chi connectivity index (χ1) is 9.59. The van der Waals surface area contributed by atoms with Gasteiger partial charge in [-0.15, -0.1) is 0 Å². The van der Waals surface area contributed by atoms with Crippen molar-refractivity contribution < 1.29 is 23.5 Å². The fraction of sp³-hybridized carbons (Fsp3) is 1.00. The SMILES string of the molecule is CCC[Si](OCC)(OCC)OC(C)N(CCO)CCO. The summed E-state index contributed by atoms with van der Waals surface area (Å²) in [6.07, 6.45) is 0.671. The lowest BCUT2D eigenvalue weighted by Crippen LogP contribution is -2.52. The molecule has 0 fully saturated rings. The third-order valence-electron chi connectivity index (χ3n) is 2.92. The molecule has 1 unspecified atom stereocenters. The summed E-state index contributed by atoms with van der Waals surface area (Å²) in [5.74, 6) is 0. The summed E-state index contributed by atoms with van der Waals surface area (Å²) in [7, 11) is -2.68. The summed E-state index contributed by atoms with van der Waals surface area (Å²) in [5, 5.41) is 18.2. The fourth-order valence-corrected chi connectivity index (χ4v) is 4.91. The highest BCUT2D eigenvalue weighted by Crippen LogP contribution is 2.21. The zero-order chi connectivity index (χ0) is 15.4. The van der Waals surface area contributed by atoms with Crippen molar-refractivity contribution in [3.63, 3.8) is 0 Å². The Balaban J connectivity index is 4.80. The molecule has 0 aromatic carbocycles. The molecule has 0 aliphatic rings. The van der Waals surface area contributed by atoms with Crippen LogP contribution in [0.4, 0.5) is 0 Å². The van der Waals surface area contributed by atoms with Crippen LogP contribution >= 0.6 is 0 Å². The largest absolute Gasteiger partial charge is 0.502 e. The van der Waals surface area contributed by atoms with E-state index in [1.807, 2.05) is 25.7 Å². The van der Waals surface area contributed by atoms with Gasteiger partial charge in [-0.2, -0.15) is 0 Å². The summed E-state index contributed by atoms with van der Waals surface area (Å²) in [6, 6.07) is 0.769. The van der Waals surface area contributed by atoms with Crippen LogP contribution in [0.3, 0.4) is 0 Å². The van der Waals surface area contributed by atoms with Crippen LogP contribution in [-0.2, 0) is 13.3 Å². The standard InChI is InChI=1S/C13H31NO5Si/c1-5-12-20(17-6-2,18-7-3)19-13(4)14(8-10-15)9-11-16/h13,15-16H,5-12H2,1-4H3. The van der Waals surface area contributed by atoms with Gasteiger partial charge in [-0.05, 0) is 20.8 Å². The first-order valence-corrected chi connectivity index (χ1v) is 9.43. The normalized spacial score (nSPS) is 13.9. The van der Waals surface area contributed by atoms with Crippen molar-refractivity contribution in [2.45, 2.75) is 46.4 Å². The molecule has 0 aromatic rings. The Kier molecular flexibility index (Phi) is 11.6. The fourth-order valence-electron chi connectivity index (χ4n) is 2.13. The van der Waals surface area contributed by atoms with Gasteiger partial charge in [-0.25, -0.2) is 0 Å². The van der Waals surface area contributed by atoms with Gasteiger partial charge in [0.05, 0.1) is 13.2 Å². The Morgan fingerprint density at radius 1 is 1.00 bits per heavy atom. The molecule has 0 bridgehead atoms. The van der Waals surface area contributed by atoms with E-state index >= 15 is 0 Å². The molecule has 1 atom stereocenters. The lowest BCUT2D eigenvalue weighted by atomic mass is 10.4. The summed E-state index contributed by atoms with van der Waals surface area (Å²) in [4.78, 5) is 1.88. The van der Waals surface area contributed by atoms with Crippen LogP contribution in [0.5, 0.6) is 0 Å². The molecular weight excluding hydrogens is 278 g/mol. The summed E-state index contributed by atoms with van der Waals surface area (Å²) < 4.78 is 17.8. The van der Waals surface area contributed by atoms with Crippen molar-refractivity contribution in [2.75, 3.05) is 39.5 Å². The number of hydrogen-bond acceptors (Lipinski definition) is 6. The van der Waals surface area contributed by atoms with Gasteiger partial charge in [0.25, 0.3) is 0 Å². The molecule has 0 radical (unpaired) electrons. The predicted octanol–water partition coefficient (Wildman–Crippen LogP) is 1.06. The van der Waals surface area contributed by atoms with Gasteiger partial charge in [0, 0.05) is 32.3 Å². The maximum Gasteiger partial charge on any atom is 0.502 e. The molecule has 0 aromatic heterocycles. The number of rotatable bonds is 13. The molecule has 7 heteroatoms. The monoisotopic (exact) mass is 309 g/mol. The van der Waals surface area contributed by atoms with E-state index in [9.17, 15) is 0 Å². The molecular formula is C13H31NO5Si. The lowest BCUT2D eigenvalue weighted by molar-refractivity contribution is -0.0435. The van der Waals surface area contributed by atoms with Crippen molar-refractivity contribution in [2.24, 2.45) is 0 Å². The molecule has 0 aliphatic heterocycles. The van der Waals surface area contributed by atoms with Crippen LogP contribution < -0.4 is 0 Å². The lowest BCUT2D eigenvalue weighted by Gasteiger charge is -2.36. The van der Waals surface area contributed by atoms with E-state index in [2.05, 4.69) is 6.92 Å². The maximum atomic E-state index is 9.09.